The molecule has 2 aromatic rings. The van der Waals surface area contributed by atoms with Gasteiger partial charge < -0.3 is 19.9 Å². The predicted molar refractivity (Wildman–Crippen MR) is 75.9 cm³/mol. The second-order valence-corrected chi connectivity index (χ2v) is 4.96. The van der Waals surface area contributed by atoms with Crippen LogP contribution in [0.1, 0.15) is 24.1 Å². The summed E-state index contributed by atoms with van der Waals surface area (Å²) < 4.78 is 24.2. The largest absolute Gasteiger partial charge is 0.507 e. The van der Waals surface area contributed by atoms with Crippen molar-refractivity contribution in [2.75, 3.05) is 6.79 Å². The SMILES string of the molecule is CC(NCc1cc2c(cc1O)OCO2)c1ccccc1F. The molecule has 0 fully saturated rings. The van der Waals surface area contributed by atoms with Crippen molar-refractivity contribution in [1.29, 1.82) is 0 Å². The van der Waals surface area contributed by atoms with Gasteiger partial charge in [0.25, 0.3) is 0 Å². The highest BCUT2D eigenvalue weighted by Gasteiger charge is 2.17. The number of aromatic hydroxyl groups is 1. The second kappa shape index (κ2) is 5.61. The van der Waals surface area contributed by atoms with Crippen molar-refractivity contribution in [3.63, 3.8) is 0 Å². The van der Waals surface area contributed by atoms with Gasteiger partial charge in [-0.1, -0.05) is 18.2 Å². The maximum atomic E-state index is 13.7. The van der Waals surface area contributed by atoms with Crippen molar-refractivity contribution in [2.24, 2.45) is 0 Å². The Morgan fingerprint density at radius 2 is 1.95 bits per heavy atom. The van der Waals surface area contributed by atoms with Crippen LogP contribution in [0.2, 0.25) is 0 Å². The summed E-state index contributed by atoms with van der Waals surface area (Å²) in [5.41, 5.74) is 1.28. The van der Waals surface area contributed by atoms with Crippen molar-refractivity contribution < 1.29 is 19.0 Å². The molecule has 0 aliphatic carbocycles. The molecule has 3 rings (SSSR count). The van der Waals surface area contributed by atoms with Crippen molar-refractivity contribution in [3.8, 4) is 17.2 Å². The van der Waals surface area contributed by atoms with Gasteiger partial charge >= 0.3 is 0 Å². The molecule has 0 bridgehead atoms. The predicted octanol–water partition coefficient (Wildman–Crippen LogP) is 3.11. The summed E-state index contributed by atoms with van der Waals surface area (Å²) in [6.07, 6.45) is 0. The highest BCUT2D eigenvalue weighted by Crippen LogP contribution is 2.37. The molecule has 1 aliphatic rings. The Kier molecular flexibility index (Phi) is 3.66. The zero-order chi connectivity index (χ0) is 14.8. The van der Waals surface area contributed by atoms with Gasteiger partial charge in [0.15, 0.2) is 11.5 Å². The molecule has 0 saturated heterocycles. The van der Waals surface area contributed by atoms with E-state index in [1.54, 1.807) is 24.3 Å². The Morgan fingerprint density at radius 3 is 2.71 bits per heavy atom. The van der Waals surface area contributed by atoms with Crippen molar-refractivity contribution >= 4 is 0 Å². The highest BCUT2D eigenvalue weighted by molar-refractivity contribution is 5.51. The van der Waals surface area contributed by atoms with Gasteiger partial charge in [-0.05, 0) is 19.1 Å². The van der Waals surface area contributed by atoms with Crippen LogP contribution in [0, 0.1) is 5.82 Å². The fourth-order valence-electron chi connectivity index (χ4n) is 2.31. The molecule has 1 atom stereocenters. The summed E-state index contributed by atoms with van der Waals surface area (Å²) in [6, 6.07) is 9.74. The number of hydrogen-bond acceptors (Lipinski definition) is 4. The van der Waals surface area contributed by atoms with Crippen LogP contribution in [-0.4, -0.2) is 11.9 Å². The van der Waals surface area contributed by atoms with Gasteiger partial charge in [-0.2, -0.15) is 0 Å². The maximum Gasteiger partial charge on any atom is 0.231 e. The summed E-state index contributed by atoms with van der Waals surface area (Å²) in [5, 5.41) is 13.2. The lowest BCUT2D eigenvalue weighted by atomic mass is 10.1. The normalized spacial score (nSPS) is 14.2. The summed E-state index contributed by atoms with van der Waals surface area (Å²) in [4.78, 5) is 0. The quantitative estimate of drug-likeness (QED) is 0.908. The fourth-order valence-corrected chi connectivity index (χ4v) is 2.31. The molecule has 2 N–H and O–H groups in total. The van der Waals surface area contributed by atoms with E-state index >= 15 is 0 Å². The number of hydrogen-bond donors (Lipinski definition) is 2. The van der Waals surface area contributed by atoms with E-state index in [2.05, 4.69) is 5.32 Å². The van der Waals surface area contributed by atoms with E-state index in [0.717, 1.165) is 0 Å². The highest BCUT2D eigenvalue weighted by atomic mass is 19.1. The monoisotopic (exact) mass is 289 g/mol. The molecule has 0 saturated carbocycles. The second-order valence-electron chi connectivity index (χ2n) is 4.96. The molecule has 0 spiro atoms. The summed E-state index contributed by atoms with van der Waals surface area (Å²) in [7, 11) is 0. The zero-order valence-electron chi connectivity index (χ0n) is 11.6. The van der Waals surface area contributed by atoms with Gasteiger partial charge in [-0.3, -0.25) is 0 Å². The first-order chi connectivity index (χ1) is 10.1. The fraction of sp³-hybridized carbons (Fsp3) is 0.250. The van der Waals surface area contributed by atoms with Gasteiger partial charge in [-0.15, -0.1) is 0 Å². The van der Waals surface area contributed by atoms with Crippen LogP contribution >= 0.6 is 0 Å². The molecule has 0 aromatic heterocycles. The molecule has 110 valence electrons. The Balaban J connectivity index is 1.72. The van der Waals surface area contributed by atoms with Crippen LogP contribution in [0.25, 0.3) is 0 Å². The Hall–Kier alpha value is -2.27. The van der Waals surface area contributed by atoms with Crippen LogP contribution in [0.3, 0.4) is 0 Å². The van der Waals surface area contributed by atoms with Crippen LogP contribution in [0.5, 0.6) is 17.2 Å². The Labute approximate surface area is 122 Å². The first kappa shape index (κ1) is 13.7. The number of halogens is 1. The third kappa shape index (κ3) is 2.78. The van der Waals surface area contributed by atoms with Crippen LogP contribution in [0.15, 0.2) is 36.4 Å². The molecule has 1 aliphatic heterocycles. The van der Waals surface area contributed by atoms with Crippen molar-refractivity contribution in [3.05, 3.63) is 53.3 Å². The van der Waals surface area contributed by atoms with Gasteiger partial charge in [-0.25, -0.2) is 4.39 Å². The lowest BCUT2D eigenvalue weighted by Gasteiger charge is -2.15. The number of rotatable bonds is 4. The summed E-state index contributed by atoms with van der Waals surface area (Å²) in [6.45, 7) is 2.44. The molecule has 0 radical (unpaired) electrons. The smallest absolute Gasteiger partial charge is 0.231 e. The molecular weight excluding hydrogens is 273 g/mol. The number of nitrogens with one attached hydrogen (secondary N) is 1. The summed E-state index contributed by atoms with van der Waals surface area (Å²) >= 11 is 0. The average molecular weight is 289 g/mol. The number of fused-ring (bicyclic) bond motifs is 1. The van der Waals surface area contributed by atoms with E-state index in [9.17, 15) is 9.50 Å². The molecule has 2 aromatic carbocycles. The van der Waals surface area contributed by atoms with E-state index in [-0.39, 0.29) is 24.4 Å². The number of ether oxygens (including phenoxy) is 2. The molecule has 1 unspecified atom stereocenters. The van der Waals surface area contributed by atoms with E-state index in [0.29, 0.717) is 29.2 Å². The number of phenols is 1. The Bertz CT molecular complexity index is 660. The van der Waals surface area contributed by atoms with Crippen LogP contribution in [0.4, 0.5) is 4.39 Å². The van der Waals surface area contributed by atoms with E-state index in [4.69, 9.17) is 9.47 Å². The molecule has 21 heavy (non-hydrogen) atoms. The summed E-state index contributed by atoms with van der Waals surface area (Å²) in [5.74, 6) is 1.04. The minimum absolute atomic E-state index is 0.132. The first-order valence-electron chi connectivity index (χ1n) is 6.74. The molecular formula is C16H16FNO3. The molecule has 1 heterocycles. The minimum atomic E-state index is -0.243. The van der Waals surface area contributed by atoms with E-state index in [1.165, 1.54) is 12.1 Å². The van der Waals surface area contributed by atoms with Gasteiger partial charge in [0.1, 0.15) is 11.6 Å². The lowest BCUT2D eigenvalue weighted by molar-refractivity contribution is 0.174. The third-order valence-electron chi connectivity index (χ3n) is 3.54. The standard InChI is InChI=1S/C16H16FNO3/c1-10(12-4-2-3-5-13(12)17)18-8-11-6-15-16(7-14(11)19)21-9-20-15/h2-7,10,18-19H,8-9H2,1H3. The zero-order valence-corrected chi connectivity index (χ0v) is 11.6. The number of benzene rings is 2. The van der Waals surface area contributed by atoms with Gasteiger partial charge in [0.2, 0.25) is 6.79 Å². The Morgan fingerprint density at radius 1 is 1.24 bits per heavy atom. The topological polar surface area (TPSA) is 50.7 Å². The molecule has 4 nitrogen and oxygen atoms in total. The van der Waals surface area contributed by atoms with E-state index < -0.39 is 0 Å². The lowest BCUT2D eigenvalue weighted by Crippen LogP contribution is -2.19. The maximum absolute atomic E-state index is 13.7. The van der Waals surface area contributed by atoms with Gasteiger partial charge in [0, 0.05) is 29.8 Å². The first-order valence-corrected chi connectivity index (χ1v) is 6.74. The minimum Gasteiger partial charge on any atom is -0.507 e. The van der Waals surface area contributed by atoms with E-state index in [1.807, 2.05) is 6.92 Å². The third-order valence-corrected chi connectivity index (χ3v) is 3.54. The number of phenolic OH excluding ortho intramolecular Hbond substituents is 1. The van der Waals surface area contributed by atoms with Crippen LogP contribution in [-0.2, 0) is 6.54 Å². The van der Waals surface area contributed by atoms with Gasteiger partial charge in [0.05, 0.1) is 0 Å². The van der Waals surface area contributed by atoms with Crippen LogP contribution < -0.4 is 14.8 Å². The molecule has 0 amide bonds. The van der Waals surface area contributed by atoms with Crippen molar-refractivity contribution in [2.45, 2.75) is 19.5 Å². The van der Waals surface area contributed by atoms with Crippen molar-refractivity contribution in [1.82, 2.24) is 5.32 Å². The average Bonchev–Trinajstić information content (AvgIpc) is 2.92. The molecule has 5 heteroatoms.